The quantitative estimate of drug-likeness (QED) is 0.860. The van der Waals surface area contributed by atoms with Crippen molar-refractivity contribution >= 4 is 36.4 Å². The lowest BCUT2D eigenvalue weighted by Gasteiger charge is -2.33. The minimum absolute atomic E-state index is 0. The minimum atomic E-state index is 0. The number of carbonyl (C=O) groups is 1. The van der Waals surface area contributed by atoms with Gasteiger partial charge in [-0.25, -0.2) is 0 Å². The lowest BCUT2D eigenvalue weighted by Crippen LogP contribution is -2.41. The Labute approximate surface area is 166 Å². The van der Waals surface area contributed by atoms with Gasteiger partial charge in [0.2, 0.25) is 5.91 Å². The Morgan fingerprint density at radius 1 is 1.15 bits per heavy atom. The average Bonchev–Trinajstić information content (AvgIpc) is 3.21. The van der Waals surface area contributed by atoms with Gasteiger partial charge in [-0.1, -0.05) is 12.5 Å². The van der Waals surface area contributed by atoms with Crippen molar-refractivity contribution in [1.29, 1.82) is 0 Å². The molecule has 1 aliphatic carbocycles. The number of nitrogens with zero attached hydrogens (tertiary/aromatic N) is 4. The van der Waals surface area contributed by atoms with Crippen LogP contribution in [0.25, 0.3) is 5.65 Å². The number of halogens is 2. The van der Waals surface area contributed by atoms with E-state index in [-0.39, 0.29) is 42.7 Å². The first-order valence-electron chi connectivity index (χ1n) is 9.05. The monoisotopic (exact) mass is 399 g/mol. The number of piperidine rings is 1. The van der Waals surface area contributed by atoms with Crippen molar-refractivity contribution in [3.63, 3.8) is 0 Å². The molecule has 2 aromatic heterocycles. The van der Waals surface area contributed by atoms with Crippen LogP contribution in [0, 0.1) is 5.92 Å². The van der Waals surface area contributed by atoms with Gasteiger partial charge < -0.3 is 10.6 Å². The molecule has 1 amide bonds. The molecule has 1 saturated heterocycles. The van der Waals surface area contributed by atoms with E-state index in [1.165, 1.54) is 0 Å². The van der Waals surface area contributed by atoms with E-state index in [0.717, 1.165) is 56.7 Å². The molecule has 0 bridgehead atoms. The average molecular weight is 400 g/mol. The molecule has 0 radical (unpaired) electrons. The van der Waals surface area contributed by atoms with Gasteiger partial charge in [-0.3, -0.25) is 9.20 Å². The topological polar surface area (TPSA) is 76.5 Å². The van der Waals surface area contributed by atoms with Crippen LogP contribution in [0.1, 0.15) is 50.3 Å². The number of fused-ring (bicyclic) bond motifs is 1. The van der Waals surface area contributed by atoms with E-state index in [4.69, 9.17) is 5.73 Å². The maximum absolute atomic E-state index is 12.7. The van der Waals surface area contributed by atoms with Gasteiger partial charge in [0.15, 0.2) is 5.65 Å². The Bertz CT molecular complexity index is 737. The van der Waals surface area contributed by atoms with E-state index in [1.807, 2.05) is 33.7 Å². The zero-order valence-corrected chi connectivity index (χ0v) is 16.4. The van der Waals surface area contributed by atoms with E-state index in [1.54, 1.807) is 0 Å². The van der Waals surface area contributed by atoms with Crippen molar-refractivity contribution in [3.8, 4) is 0 Å². The molecule has 4 rings (SSSR count). The highest BCUT2D eigenvalue weighted by Crippen LogP contribution is 2.30. The number of carbonyl (C=O) groups excluding carboxylic acids is 1. The SMILES string of the molecule is Cl.Cl.N[C@@H]1CCC[C@H]1CC(=O)N1CCCC(c2nnc3ccccn23)C1. The Hall–Kier alpha value is -1.37. The van der Waals surface area contributed by atoms with Crippen molar-refractivity contribution in [1.82, 2.24) is 19.5 Å². The highest BCUT2D eigenvalue weighted by molar-refractivity contribution is 5.85. The third-order valence-electron chi connectivity index (χ3n) is 5.63. The standard InChI is InChI=1S/C18H25N5O.2ClH/c19-15-7-3-5-13(15)11-17(24)22-9-4-6-14(12-22)18-21-20-16-8-1-2-10-23(16)18;;/h1-2,8,10,13-15H,3-7,9,11-12,19H2;2*1H/t13-,14?,15+;;/m0../s1. The molecule has 1 aliphatic heterocycles. The second kappa shape index (κ2) is 9.02. The number of aromatic nitrogens is 3. The molecule has 0 aromatic carbocycles. The smallest absolute Gasteiger partial charge is 0.222 e. The highest BCUT2D eigenvalue weighted by Gasteiger charge is 2.31. The molecule has 1 saturated carbocycles. The van der Waals surface area contributed by atoms with Gasteiger partial charge in [-0.05, 0) is 43.7 Å². The predicted octanol–water partition coefficient (Wildman–Crippen LogP) is 2.80. The van der Waals surface area contributed by atoms with E-state index < -0.39 is 0 Å². The largest absolute Gasteiger partial charge is 0.342 e. The summed E-state index contributed by atoms with van der Waals surface area (Å²) in [5, 5.41) is 8.63. The fraction of sp³-hybridized carbons (Fsp3) is 0.611. The van der Waals surface area contributed by atoms with Crippen LogP contribution in [0.5, 0.6) is 0 Å². The third-order valence-corrected chi connectivity index (χ3v) is 5.63. The summed E-state index contributed by atoms with van der Waals surface area (Å²) in [6.07, 6.45) is 8.01. The second-order valence-corrected chi connectivity index (χ2v) is 7.22. The molecule has 26 heavy (non-hydrogen) atoms. The molecule has 0 spiro atoms. The summed E-state index contributed by atoms with van der Waals surface area (Å²) >= 11 is 0. The van der Waals surface area contributed by atoms with Crippen LogP contribution in [-0.2, 0) is 4.79 Å². The zero-order chi connectivity index (χ0) is 16.5. The van der Waals surface area contributed by atoms with Crippen molar-refractivity contribution < 1.29 is 4.79 Å². The normalized spacial score (nSPS) is 25.6. The van der Waals surface area contributed by atoms with Gasteiger partial charge in [0.1, 0.15) is 5.82 Å². The van der Waals surface area contributed by atoms with E-state index in [2.05, 4.69) is 10.2 Å². The van der Waals surface area contributed by atoms with Crippen LogP contribution in [-0.4, -0.2) is 44.5 Å². The highest BCUT2D eigenvalue weighted by atomic mass is 35.5. The first-order valence-corrected chi connectivity index (χ1v) is 9.05. The lowest BCUT2D eigenvalue weighted by molar-refractivity contribution is -0.133. The number of likely N-dealkylation sites (tertiary alicyclic amines) is 1. The van der Waals surface area contributed by atoms with Crippen LogP contribution in [0.2, 0.25) is 0 Å². The molecule has 1 unspecified atom stereocenters. The van der Waals surface area contributed by atoms with Gasteiger partial charge in [0, 0.05) is 37.7 Å². The summed E-state index contributed by atoms with van der Waals surface area (Å²) < 4.78 is 2.05. The molecule has 2 fully saturated rings. The van der Waals surface area contributed by atoms with Crippen LogP contribution in [0.3, 0.4) is 0 Å². The van der Waals surface area contributed by atoms with Gasteiger partial charge >= 0.3 is 0 Å². The molecule has 3 heterocycles. The zero-order valence-electron chi connectivity index (χ0n) is 14.8. The van der Waals surface area contributed by atoms with E-state index in [0.29, 0.717) is 12.3 Å². The van der Waals surface area contributed by atoms with Crippen molar-refractivity contribution in [2.45, 2.75) is 50.5 Å². The fourth-order valence-corrected chi connectivity index (χ4v) is 4.23. The van der Waals surface area contributed by atoms with Gasteiger partial charge in [0.25, 0.3) is 0 Å². The second-order valence-electron chi connectivity index (χ2n) is 7.22. The summed E-state index contributed by atoms with van der Waals surface area (Å²) in [6, 6.07) is 6.13. The lowest BCUT2D eigenvalue weighted by atomic mass is 9.95. The molecule has 144 valence electrons. The molecular weight excluding hydrogens is 373 g/mol. The number of hydrogen-bond acceptors (Lipinski definition) is 4. The van der Waals surface area contributed by atoms with Gasteiger partial charge in [0.05, 0.1) is 0 Å². The molecular formula is C18H27Cl2N5O. The van der Waals surface area contributed by atoms with E-state index in [9.17, 15) is 4.79 Å². The van der Waals surface area contributed by atoms with Crippen molar-refractivity contribution in [2.75, 3.05) is 13.1 Å². The summed E-state index contributed by atoms with van der Waals surface area (Å²) in [5.74, 6) is 1.86. The first kappa shape index (κ1) is 20.9. The third kappa shape index (κ3) is 4.13. The molecule has 2 aliphatic rings. The summed E-state index contributed by atoms with van der Waals surface area (Å²) in [6.45, 7) is 1.60. The molecule has 6 nitrogen and oxygen atoms in total. The summed E-state index contributed by atoms with van der Waals surface area (Å²) in [4.78, 5) is 14.7. The number of amides is 1. The van der Waals surface area contributed by atoms with Crippen LogP contribution in [0.15, 0.2) is 24.4 Å². The Morgan fingerprint density at radius 2 is 2.00 bits per heavy atom. The number of pyridine rings is 1. The number of rotatable bonds is 3. The van der Waals surface area contributed by atoms with Gasteiger partial charge in [-0.15, -0.1) is 35.0 Å². The minimum Gasteiger partial charge on any atom is -0.342 e. The predicted molar refractivity (Wildman–Crippen MR) is 106 cm³/mol. The fourth-order valence-electron chi connectivity index (χ4n) is 4.23. The molecule has 2 N–H and O–H groups in total. The molecule has 2 aromatic rings. The van der Waals surface area contributed by atoms with Crippen LogP contribution < -0.4 is 5.73 Å². The number of nitrogens with two attached hydrogens (primary N) is 1. The van der Waals surface area contributed by atoms with Crippen molar-refractivity contribution in [2.24, 2.45) is 11.7 Å². The Balaban J connectivity index is 0.00000121. The van der Waals surface area contributed by atoms with Crippen LogP contribution in [0.4, 0.5) is 0 Å². The Kier molecular flexibility index (Phi) is 7.26. The maximum Gasteiger partial charge on any atom is 0.222 e. The molecule has 8 heteroatoms. The Morgan fingerprint density at radius 3 is 2.77 bits per heavy atom. The first-order chi connectivity index (χ1) is 11.7. The van der Waals surface area contributed by atoms with Gasteiger partial charge in [-0.2, -0.15) is 0 Å². The van der Waals surface area contributed by atoms with Crippen LogP contribution >= 0.6 is 24.8 Å². The molecule has 3 atom stereocenters. The number of hydrogen-bond donors (Lipinski definition) is 1. The maximum atomic E-state index is 12.7. The van der Waals surface area contributed by atoms with Crippen molar-refractivity contribution in [3.05, 3.63) is 30.2 Å². The summed E-state index contributed by atoms with van der Waals surface area (Å²) in [5.41, 5.74) is 7.00. The van der Waals surface area contributed by atoms with E-state index >= 15 is 0 Å². The summed E-state index contributed by atoms with van der Waals surface area (Å²) in [7, 11) is 0.